The lowest BCUT2D eigenvalue weighted by molar-refractivity contribution is -0.130. The number of benzene rings is 1. The molecule has 0 saturated carbocycles. The number of nitrogens with zero attached hydrogens (tertiary/aromatic N) is 4. The minimum Gasteiger partial charge on any atom is -0.337 e. The number of carbonyl (C=O) groups excluding carboxylic acids is 2. The minimum absolute atomic E-state index is 0.0735. The summed E-state index contributed by atoms with van der Waals surface area (Å²) in [6.07, 6.45) is 2.57. The topological polar surface area (TPSA) is 67.6 Å². The van der Waals surface area contributed by atoms with Gasteiger partial charge in [-0.25, -0.2) is 8.10 Å². The van der Waals surface area contributed by atoms with Crippen molar-refractivity contribution in [3.63, 3.8) is 0 Å². The molecule has 0 N–H and O–H groups in total. The van der Waals surface area contributed by atoms with Gasteiger partial charge in [-0.2, -0.15) is 0 Å². The quantitative estimate of drug-likeness (QED) is 0.217. The molecule has 0 atom stereocenters. The molecule has 0 radical (unpaired) electrons. The molecule has 28 heavy (non-hydrogen) atoms. The molecule has 0 unspecified atom stereocenters. The molecular formula is C20H16ClIN4O2. The van der Waals surface area contributed by atoms with E-state index in [4.69, 9.17) is 11.6 Å². The van der Waals surface area contributed by atoms with Crippen molar-refractivity contribution in [2.75, 3.05) is 6.54 Å². The summed E-state index contributed by atoms with van der Waals surface area (Å²) in [5.41, 5.74) is 4.42. The Bertz CT molecular complexity index is 1080. The maximum atomic E-state index is 10.5. The number of rotatable bonds is 1. The summed E-state index contributed by atoms with van der Waals surface area (Å²) in [5.74, 6) is -0.147. The molecule has 2 aliphatic heterocycles. The Kier molecular flexibility index (Phi) is 5.45. The van der Waals surface area contributed by atoms with Gasteiger partial charge in [-0.3, -0.25) is 14.6 Å². The second kappa shape index (κ2) is 8.00. The maximum Gasteiger partial charge on any atom is 0.238 e. The fourth-order valence-electron chi connectivity index (χ4n) is 3.29. The van der Waals surface area contributed by atoms with Gasteiger partial charge in [0, 0.05) is 42.0 Å². The van der Waals surface area contributed by atoms with Crippen molar-refractivity contribution in [1.29, 1.82) is 0 Å². The predicted octanol–water partition coefficient (Wildman–Crippen LogP) is 4.03. The van der Waals surface area contributed by atoms with Crippen LogP contribution in [-0.4, -0.2) is 36.7 Å². The van der Waals surface area contributed by atoms with Crippen molar-refractivity contribution in [3.05, 3.63) is 65.1 Å². The number of aliphatic imine (C=N–C) groups is 1. The Morgan fingerprint density at radius 2 is 1.79 bits per heavy atom. The van der Waals surface area contributed by atoms with Gasteiger partial charge in [0.05, 0.1) is 40.8 Å². The van der Waals surface area contributed by atoms with Crippen molar-refractivity contribution in [2.45, 2.75) is 19.4 Å². The van der Waals surface area contributed by atoms with Gasteiger partial charge in [-0.15, -0.1) is 0 Å². The van der Waals surface area contributed by atoms with Crippen LogP contribution in [0.2, 0.25) is 5.15 Å². The van der Waals surface area contributed by atoms with E-state index in [2.05, 4.69) is 44.9 Å². The second-order valence-corrected chi connectivity index (χ2v) is 7.76. The van der Waals surface area contributed by atoms with Crippen molar-refractivity contribution >= 4 is 62.9 Å². The van der Waals surface area contributed by atoms with Gasteiger partial charge < -0.3 is 4.57 Å². The highest BCUT2D eigenvalue weighted by Gasteiger charge is 2.26. The molecule has 2 amide bonds. The first-order chi connectivity index (χ1) is 13.5. The number of fused-ring (bicyclic) bond motifs is 3. The van der Waals surface area contributed by atoms with Gasteiger partial charge in [-0.05, 0) is 24.3 Å². The third-order valence-corrected chi connectivity index (χ3v) is 5.94. The third-order valence-electron chi connectivity index (χ3n) is 4.64. The van der Waals surface area contributed by atoms with Crippen molar-refractivity contribution in [3.8, 4) is 0 Å². The number of amides is 2. The zero-order valence-electron chi connectivity index (χ0n) is 14.8. The molecule has 6 nitrogen and oxygen atoms in total. The number of hydrogen-bond acceptors (Lipinski definition) is 4. The van der Waals surface area contributed by atoms with E-state index in [-0.39, 0.29) is 11.8 Å². The molecule has 2 aromatic heterocycles. The van der Waals surface area contributed by atoms with E-state index in [1.165, 1.54) is 10.9 Å². The molecule has 4 heterocycles. The zero-order valence-corrected chi connectivity index (χ0v) is 17.7. The van der Waals surface area contributed by atoms with E-state index < -0.39 is 0 Å². The normalized spacial score (nSPS) is 15.9. The van der Waals surface area contributed by atoms with Crippen molar-refractivity contribution in [1.82, 2.24) is 12.7 Å². The Morgan fingerprint density at radius 1 is 1.04 bits per heavy atom. The average Bonchev–Trinajstić information content (AvgIpc) is 3.24. The molecule has 0 aliphatic carbocycles. The van der Waals surface area contributed by atoms with Crippen LogP contribution in [0, 0.1) is 0 Å². The summed E-state index contributed by atoms with van der Waals surface area (Å²) >= 11 is 7.58. The number of aromatic nitrogens is 2. The highest BCUT2D eigenvalue weighted by Crippen LogP contribution is 2.25. The molecular weight excluding hydrogens is 491 g/mol. The Morgan fingerprint density at radius 3 is 2.43 bits per heavy atom. The molecule has 8 heteroatoms. The highest BCUT2D eigenvalue weighted by atomic mass is 127. The lowest BCUT2D eigenvalue weighted by Crippen LogP contribution is -2.18. The number of halogens is 2. The molecule has 0 bridgehead atoms. The summed E-state index contributed by atoms with van der Waals surface area (Å²) in [6, 6.07) is 14.4. The van der Waals surface area contributed by atoms with Crippen LogP contribution >= 0.6 is 34.5 Å². The summed E-state index contributed by atoms with van der Waals surface area (Å²) in [6.45, 7) is 1.72. The summed E-state index contributed by atoms with van der Waals surface area (Å²) in [4.78, 5) is 29.8. The van der Waals surface area contributed by atoms with Gasteiger partial charge in [-0.1, -0.05) is 29.8 Å². The summed E-state index contributed by atoms with van der Waals surface area (Å²) < 4.78 is 3.46. The van der Waals surface area contributed by atoms with E-state index in [1.807, 2.05) is 6.07 Å². The summed E-state index contributed by atoms with van der Waals surface area (Å²) in [5, 5.41) is 1.75. The smallest absolute Gasteiger partial charge is 0.238 e. The first-order valence-electron chi connectivity index (χ1n) is 8.81. The Balaban J connectivity index is 0.000000203. The average molecular weight is 507 g/mol. The van der Waals surface area contributed by atoms with Crippen LogP contribution in [0.3, 0.4) is 0 Å². The SMILES string of the molecule is Clc1ccc(C2=NCCn3c2cc2ccccc23)cn1.O=C1CCC(=O)N1I. The fraction of sp³-hybridized carbons (Fsp3) is 0.200. The highest BCUT2D eigenvalue weighted by molar-refractivity contribution is 14.1. The Hall–Kier alpha value is -2.26. The monoisotopic (exact) mass is 506 g/mol. The van der Waals surface area contributed by atoms with Gasteiger partial charge in [0.15, 0.2) is 0 Å². The lowest BCUT2D eigenvalue weighted by atomic mass is 10.1. The summed E-state index contributed by atoms with van der Waals surface area (Å²) in [7, 11) is 0. The second-order valence-electron chi connectivity index (χ2n) is 6.41. The van der Waals surface area contributed by atoms with Crippen LogP contribution in [-0.2, 0) is 16.1 Å². The molecule has 142 valence electrons. The third kappa shape index (κ3) is 3.68. The van der Waals surface area contributed by atoms with Crippen molar-refractivity contribution < 1.29 is 9.59 Å². The van der Waals surface area contributed by atoms with Crippen LogP contribution in [0.4, 0.5) is 0 Å². The van der Waals surface area contributed by atoms with E-state index >= 15 is 0 Å². The van der Waals surface area contributed by atoms with E-state index in [9.17, 15) is 9.59 Å². The van der Waals surface area contributed by atoms with Gasteiger partial charge >= 0.3 is 0 Å². The molecule has 0 spiro atoms. The van der Waals surface area contributed by atoms with Crippen LogP contribution in [0.1, 0.15) is 24.1 Å². The van der Waals surface area contributed by atoms with Crippen LogP contribution < -0.4 is 0 Å². The molecule has 2 aliphatic rings. The largest absolute Gasteiger partial charge is 0.337 e. The number of imide groups is 1. The zero-order chi connectivity index (χ0) is 19.7. The maximum absolute atomic E-state index is 10.5. The molecule has 5 rings (SSSR count). The molecule has 3 aromatic rings. The molecule has 1 saturated heterocycles. The Labute approximate surface area is 180 Å². The van der Waals surface area contributed by atoms with E-state index in [1.54, 1.807) is 35.1 Å². The lowest BCUT2D eigenvalue weighted by Gasteiger charge is -2.17. The number of para-hydroxylation sites is 1. The van der Waals surface area contributed by atoms with E-state index in [0.29, 0.717) is 18.0 Å². The fourth-order valence-corrected chi connectivity index (χ4v) is 3.89. The number of pyridine rings is 1. The van der Waals surface area contributed by atoms with Gasteiger partial charge in [0.2, 0.25) is 11.8 Å². The first kappa shape index (κ1) is 19.1. The first-order valence-corrected chi connectivity index (χ1v) is 10.2. The standard InChI is InChI=1S/C16H12ClN3.C4H4INO2/c17-15-6-5-12(10-19-15)16-14-9-11-3-1-2-4-13(11)20(14)8-7-18-16;5-6-3(7)1-2-4(6)8/h1-6,9-10H,7-8H2;1-2H2. The van der Waals surface area contributed by atoms with E-state index in [0.717, 1.165) is 33.2 Å². The van der Waals surface area contributed by atoms with Crippen LogP contribution in [0.5, 0.6) is 0 Å². The molecule has 1 fully saturated rings. The number of carbonyl (C=O) groups is 2. The van der Waals surface area contributed by atoms with Crippen molar-refractivity contribution in [2.24, 2.45) is 4.99 Å². The van der Waals surface area contributed by atoms with Gasteiger partial charge in [0.1, 0.15) is 5.15 Å². The van der Waals surface area contributed by atoms with Gasteiger partial charge in [0.25, 0.3) is 0 Å². The minimum atomic E-state index is -0.0735. The number of hydrogen-bond donors (Lipinski definition) is 0. The van der Waals surface area contributed by atoms with Crippen LogP contribution in [0.25, 0.3) is 10.9 Å². The predicted molar refractivity (Wildman–Crippen MR) is 117 cm³/mol. The molecule has 1 aromatic carbocycles. The van der Waals surface area contributed by atoms with Crippen LogP contribution in [0.15, 0.2) is 53.7 Å².